The molecule has 2 rings (SSSR count). The molecule has 1 atom stereocenters. The molecule has 0 fully saturated rings. The zero-order chi connectivity index (χ0) is 13.1. The highest BCUT2D eigenvalue weighted by Gasteiger charge is 2.17. The molecule has 2 N–H and O–H groups in total. The van der Waals surface area contributed by atoms with Gasteiger partial charge in [-0.2, -0.15) is 0 Å². The number of hydrogen-bond donors (Lipinski definition) is 1. The monoisotopic (exact) mass is 248 g/mol. The number of rotatable bonds is 4. The third-order valence-electron chi connectivity index (χ3n) is 2.59. The molecular weight excluding hydrogens is 232 g/mol. The van der Waals surface area contributed by atoms with Crippen molar-refractivity contribution < 1.29 is 13.9 Å². The molecule has 0 amide bonds. The first kappa shape index (κ1) is 12.4. The molecule has 0 spiro atoms. The van der Waals surface area contributed by atoms with Crippen LogP contribution in [0.1, 0.15) is 18.9 Å². The Morgan fingerprint density at radius 1 is 1.22 bits per heavy atom. The number of hydrogen-bond acceptors (Lipinski definition) is 5. The van der Waals surface area contributed by atoms with E-state index in [1.54, 1.807) is 20.4 Å². The minimum atomic E-state index is -0.251. The van der Waals surface area contributed by atoms with Crippen molar-refractivity contribution in [1.82, 2.24) is 4.98 Å². The Kier molecular flexibility index (Phi) is 3.53. The Morgan fingerprint density at radius 3 is 2.28 bits per heavy atom. The molecule has 1 heterocycles. The fourth-order valence-electron chi connectivity index (χ4n) is 1.71. The molecule has 2 aromatic rings. The summed E-state index contributed by atoms with van der Waals surface area (Å²) in [6, 6.07) is 5.28. The van der Waals surface area contributed by atoms with E-state index < -0.39 is 0 Å². The van der Waals surface area contributed by atoms with E-state index in [0.29, 0.717) is 23.1 Å². The maximum Gasteiger partial charge on any atom is 0.211 e. The maximum atomic E-state index is 5.73. The Hall–Kier alpha value is -2.01. The fourth-order valence-corrected chi connectivity index (χ4v) is 1.71. The Morgan fingerprint density at radius 2 is 1.83 bits per heavy atom. The Labute approximate surface area is 106 Å². The largest absolute Gasteiger partial charge is 0.496 e. The van der Waals surface area contributed by atoms with Crippen molar-refractivity contribution in [3.63, 3.8) is 0 Å². The van der Waals surface area contributed by atoms with E-state index in [1.165, 1.54) is 0 Å². The molecule has 0 saturated heterocycles. The summed E-state index contributed by atoms with van der Waals surface area (Å²) in [5.41, 5.74) is 6.47. The van der Waals surface area contributed by atoms with Crippen LogP contribution in [0.25, 0.3) is 11.3 Å². The van der Waals surface area contributed by atoms with Gasteiger partial charge in [0.2, 0.25) is 5.89 Å². The van der Waals surface area contributed by atoms with Crippen LogP contribution >= 0.6 is 0 Å². The number of oxazole rings is 1. The van der Waals surface area contributed by atoms with Crippen molar-refractivity contribution in [1.29, 1.82) is 0 Å². The van der Waals surface area contributed by atoms with Crippen LogP contribution in [0, 0.1) is 0 Å². The lowest BCUT2D eigenvalue weighted by Crippen LogP contribution is -2.04. The SMILES string of the molecule is COc1cccc(OC)c1-c1cnc(C(C)N)o1. The molecule has 1 aromatic carbocycles. The number of nitrogens with zero attached hydrogens (tertiary/aromatic N) is 1. The summed E-state index contributed by atoms with van der Waals surface area (Å²) < 4.78 is 16.2. The summed E-state index contributed by atoms with van der Waals surface area (Å²) in [6.07, 6.45) is 1.62. The van der Waals surface area contributed by atoms with Crippen molar-refractivity contribution >= 4 is 0 Å². The van der Waals surface area contributed by atoms with E-state index in [-0.39, 0.29) is 6.04 Å². The molecule has 0 aliphatic carbocycles. The molecule has 0 bridgehead atoms. The summed E-state index contributed by atoms with van der Waals surface area (Å²) in [6.45, 7) is 1.81. The van der Waals surface area contributed by atoms with Gasteiger partial charge in [-0.25, -0.2) is 4.98 Å². The summed E-state index contributed by atoms with van der Waals surface area (Å²) >= 11 is 0. The number of methoxy groups -OCH3 is 2. The summed E-state index contributed by atoms with van der Waals surface area (Å²) in [4.78, 5) is 4.14. The first-order valence-electron chi connectivity index (χ1n) is 5.60. The number of ether oxygens (including phenoxy) is 2. The lowest BCUT2D eigenvalue weighted by atomic mass is 10.1. The van der Waals surface area contributed by atoms with Crippen LogP contribution < -0.4 is 15.2 Å². The standard InChI is InChI=1S/C13H16N2O3/c1-8(14)13-15-7-11(18-13)12-9(16-2)5-4-6-10(12)17-3/h4-8H,14H2,1-3H3. The highest BCUT2D eigenvalue weighted by Crippen LogP contribution is 2.38. The molecule has 5 nitrogen and oxygen atoms in total. The van der Waals surface area contributed by atoms with Crippen LogP contribution in [-0.4, -0.2) is 19.2 Å². The number of benzene rings is 1. The molecular formula is C13H16N2O3. The van der Waals surface area contributed by atoms with Gasteiger partial charge in [0, 0.05) is 0 Å². The molecule has 18 heavy (non-hydrogen) atoms. The normalized spacial score (nSPS) is 12.2. The lowest BCUT2D eigenvalue weighted by Gasteiger charge is -2.10. The van der Waals surface area contributed by atoms with Crippen LogP contribution in [0.5, 0.6) is 11.5 Å². The molecule has 1 unspecified atom stereocenters. The molecule has 1 aromatic heterocycles. The molecule has 0 radical (unpaired) electrons. The van der Waals surface area contributed by atoms with Gasteiger partial charge in [0.15, 0.2) is 5.76 Å². The van der Waals surface area contributed by atoms with E-state index >= 15 is 0 Å². The molecule has 0 aliphatic heterocycles. The van der Waals surface area contributed by atoms with Gasteiger partial charge in [0.05, 0.1) is 26.5 Å². The average Bonchev–Trinajstić information content (AvgIpc) is 2.87. The highest BCUT2D eigenvalue weighted by atomic mass is 16.5. The van der Waals surface area contributed by atoms with Crippen molar-refractivity contribution in [2.75, 3.05) is 14.2 Å². The number of aromatic nitrogens is 1. The molecule has 0 aliphatic rings. The predicted molar refractivity (Wildman–Crippen MR) is 67.6 cm³/mol. The van der Waals surface area contributed by atoms with Crippen LogP contribution in [0.15, 0.2) is 28.8 Å². The van der Waals surface area contributed by atoms with Crippen LogP contribution in [0.3, 0.4) is 0 Å². The van der Waals surface area contributed by atoms with E-state index in [9.17, 15) is 0 Å². The van der Waals surface area contributed by atoms with Gasteiger partial charge in [-0.15, -0.1) is 0 Å². The van der Waals surface area contributed by atoms with Gasteiger partial charge in [0.25, 0.3) is 0 Å². The molecule has 0 saturated carbocycles. The van der Waals surface area contributed by atoms with Crippen molar-refractivity contribution in [2.24, 2.45) is 5.73 Å². The van der Waals surface area contributed by atoms with E-state index in [4.69, 9.17) is 19.6 Å². The quantitative estimate of drug-likeness (QED) is 0.899. The third kappa shape index (κ3) is 2.17. The van der Waals surface area contributed by atoms with Crippen molar-refractivity contribution in [3.8, 4) is 22.8 Å². The van der Waals surface area contributed by atoms with Gasteiger partial charge in [-0.1, -0.05) is 6.07 Å². The minimum absolute atomic E-state index is 0.251. The maximum absolute atomic E-state index is 5.73. The minimum Gasteiger partial charge on any atom is -0.496 e. The summed E-state index contributed by atoms with van der Waals surface area (Å²) in [7, 11) is 3.20. The molecule has 5 heteroatoms. The zero-order valence-electron chi connectivity index (χ0n) is 10.6. The van der Waals surface area contributed by atoms with Gasteiger partial charge >= 0.3 is 0 Å². The Balaban J connectivity index is 2.54. The second-order valence-corrected chi connectivity index (χ2v) is 3.89. The van der Waals surface area contributed by atoms with E-state index in [2.05, 4.69) is 4.98 Å². The fraction of sp³-hybridized carbons (Fsp3) is 0.308. The zero-order valence-corrected chi connectivity index (χ0v) is 10.6. The van der Waals surface area contributed by atoms with Gasteiger partial charge < -0.3 is 19.6 Å². The smallest absolute Gasteiger partial charge is 0.211 e. The van der Waals surface area contributed by atoms with Crippen LogP contribution in [-0.2, 0) is 0 Å². The van der Waals surface area contributed by atoms with E-state index in [1.807, 2.05) is 25.1 Å². The highest BCUT2D eigenvalue weighted by molar-refractivity contribution is 5.72. The van der Waals surface area contributed by atoms with Crippen LogP contribution in [0.4, 0.5) is 0 Å². The van der Waals surface area contributed by atoms with Crippen molar-refractivity contribution in [2.45, 2.75) is 13.0 Å². The first-order chi connectivity index (χ1) is 8.67. The Bertz CT molecular complexity index is 513. The van der Waals surface area contributed by atoms with Crippen LogP contribution in [0.2, 0.25) is 0 Å². The summed E-state index contributed by atoms with van der Waals surface area (Å²) in [5, 5.41) is 0. The second kappa shape index (κ2) is 5.10. The average molecular weight is 248 g/mol. The topological polar surface area (TPSA) is 70.5 Å². The predicted octanol–water partition coefficient (Wildman–Crippen LogP) is 2.38. The van der Waals surface area contributed by atoms with E-state index in [0.717, 1.165) is 5.56 Å². The van der Waals surface area contributed by atoms with Gasteiger partial charge in [-0.05, 0) is 19.1 Å². The number of nitrogens with two attached hydrogens (primary N) is 1. The summed E-state index contributed by atoms with van der Waals surface area (Å²) in [5.74, 6) is 2.40. The van der Waals surface area contributed by atoms with Gasteiger partial charge in [0.1, 0.15) is 17.1 Å². The third-order valence-corrected chi connectivity index (χ3v) is 2.59. The lowest BCUT2D eigenvalue weighted by molar-refractivity contribution is 0.392. The second-order valence-electron chi connectivity index (χ2n) is 3.89. The first-order valence-corrected chi connectivity index (χ1v) is 5.60. The van der Waals surface area contributed by atoms with Crippen molar-refractivity contribution in [3.05, 3.63) is 30.3 Å². The van der Waals surface area contributed by atoms with Gasteiger partial charge in [-0.3, -0.25) is 0 Å². The molecule has 96 valence electrons.